The molecule has 122 valence electrons. The summed E-state index contributed by atoms with van der Waals surface area (Å²) in [6, 6.07) is 10.1. The molecule has 1 aromatic heterocycles. The standard InChI is InChI=1S/C18H17N3O2S/c1-10-4-6-14(7-5-10)21-11(2)8-13(12(21)3)9-15-16(22)19-18(24)20-17(15)23/h4-9H,1-3H3,(H2,19,20,22,23,24). The van der Waals surface area contributed by atoms with Crippen LogP contribution in [-0.2, 0) is 9.59 Å². The fourth-order valence-corrected chi connectivity index (χ4v) is 2.97. The number of hydrogen-bond acceptors (Lipinski definition) is 3. The number of rotatable bonds is 2. The topological polar surface area (TPSA) is 63.1 Å². The lowest BCUT2D eigenvalue weighted by Crippen LogP contribution is -2.51. The van der Waals surface area contributed by atoms with Gasteiger partial charge in [-0.2, -0.15) is 0 Å². The maximum absolute atomic E-state index is 12.0. The Morgan fingerprint density at radius 3 is 2.17 bits per heavy atom. The molecule has 0 aliphatic carbocycles. The molecule has 24 heavy (non-hydrogen) atoms. The predicted molar refractivity (Wildman–Crippen MR) is 96.8 cm³/mol. The van der Waals surface area contributed by atoms with Crippen molar-refractivity contribution in [2.45, 2.75) is 20.8 Å². The number of hydrogen-bond donors (Lipinski definition) is 2. The van der Waals surface area contributed by atoms with Gasteiger partial charge in [-0.1, -0.05) is 17.7 Å². The summed E-state index contributed by atoms with van der Waals surface area (Å²) in [5.74, 6) is -0.965. The highest BCUT2D eigenvalue weighted by molar-refractivity contribution is 7.80. The number of aromatic nitrogens is 1. The summed E-state index contributed by atoms with van der Waals surface area (Å²) in [5.41, 5.74) is 5.08. The van der Waals surface area contributed by atoms with Crippen LogP contribution in [0.15, 0.2) is 35.9 Å². The van der Waals surface area contributed by atoms with E-state index in [2.05, 4.69) is 27.3 Å². The molecule has 6 heteroatoms. The van der Waals surface area contributed by atoms with E-state index in [-0.39, 0.29) is 10.7 Å². The fourth-order valence-electron chi connectivity index (χ4n) is 2.79. The van der Waals surface area contributed by atoms with E-state index in [1.54, 1.807) is 6.08 Å². The molecule has 0 radical (unpaired) electrons. The van der Waals surface area contributed by atoms with Gasteiger partial charge in [0, 0.05) is 17.1 Å². The van der Waals surface area contributed by atoms with Crippen LogP contribution in [0.3, 0.4) is 0 Å². The predicted octanol–water partition coefficient (Wildman–Crippen LogP) is 2.32. The molecule has 1 aliphatic heterocycles. The molecule has 5 nitrogen and oxygen atoms in total. The van der Waals surface area contributed by atoms with Crippen LogP contribution in [0, 0.1) is 20.8 Å². The minimum absolute atomic E-state index is 0.0345. The average Bonchev–Trinajstić information content (AvgIpc) is 2.78. The molecule has 2 N–H and O–H groups in total. The third-order valence-corrected chi connectivity index (χ3v) is 4.21. The normalized spacial score (nSPS) is 14.5. The van der Waals surface area contributed by atoms with E-state index in [1.165, 1.54) is 5.56 Å². The molecule has 1 aromatic carbocycles. The zero-order valence-corrected chi connectivity index (χ0v) is 14.5. The van der Waals surface area contributed by atoms with Gasteiger partial charge in [0.05, 0.1) is 0 Å². The minimum Gasteiger partial charge on any atom is -0.318 e. The average molecular weight is 339 g/mol. The maximum Gasteiger partial charge on any atom is 0.263 e. The third-order valence-electron chi connectivity index (χ3n) is 4.01. The number of thiocarbonyl (C=S) groups is 1. The zero-order valence-electron chi connectivity index (χ0n) is 13.6. The number of benzene rings is 1. The molecule has 3 rings (SSSR count). The Hall–Kier alpha value is -2.73. The van der Waals surface area contributed by atoms with E-state index in [1.807, 2.05) is 39.0 Å². The SMILES string of the molecule is Cc1ccc(-n2c(C)cc(C=C3C(=O)NC(=S)NC3=O)c2C)cc1. The molecule has 0 saturated carbocycles. The van der Waals surface area contributed by atoms with Gasteiger partial charge in [0.2, 0.25) is 0 Å². The van der Waals surface area contributed by atoms with Crippen LogP contribution in [0.1, 0.15) is 22.5 Å². The Kier molecular flexibility index (Phi) is 4.07. The molecular weight excluding hydrogens is 322 g/mol. The summed E-state index contributed by atoms with van der Waals surface area (Å²) in [6.45, 7) is 5.99. The van der Waals surface area contributed by atoms with Gasteiger partial charge in [-0.25, -0.2) is 0 Å². The van der Waals surface area contributed by atoms with Crippen LogP contribution < -0.4 is 10.6 Å². The van der Waals surface area contributed by atoms with Crippen LogP contribution in [0.2, 0.25) is 0 Å². The first-order chi connectivity index (χ1) is 11.4. The summed E-state index contributed by atoms with van der Waals surface area (Å²) in [5, 5.41) is 4.92. The zero-order chi connectivity index (χ0) is 17.4. The van der Waals surface area contributed by atoms with Crippen molar-refractivity contribution in [3.63, 3.8) is 0 Å². The van der Waals surface area contributed by atoms with Crippen molar-refractivity contribution in [2.75, 3.05) is 0 Å². The van der Waals surface area contributed by atoms with Crippen LogP contribution in [0.5, 0.6) is 0 Å². The van der Waals surface area contributed by atoms with Gasteiger partial charge in [-0.05, 0) is 62.8 Å². The summed E-state index contributed by atoms with van der Waals surface area (Å²) in [4.78, 5) is 24.0. The quantitative estimate of drug-likeness (QED) is 0.501. The Labute approximate surface area is 145 Å². The Balaban J connectivity index is 2.05. The lowest BCUT2D eigenvalue weighted by Gasteiger charge is -2.16. The number of carbonyl (C=O) groups is 2. The smallest absolute Gasteiger partial charge is 0.263 e. The fraction of sp³-hybridized carbons (Fsp3) is 0.167. The third kappa shape index (κ3) is 2.88. The molecule has 0 spiro atoms. The molecule has 0 unspecified atom stereocenters. The molecule has 0 bridgehead atoms. The van der Waals surface area contributed by atoms with Gasteiger partial charge in [-0.15, -0.1) is 0 Å². The van der Waals surface area contributed by atoms with E-state index in [9.17, 15) is 9.59 Å². The monoisotopic (exact) mass is 339 g/mol. The largest absolute Gasteiger partial charge is 0.318 e. The van der Waals surface area contributed by atoms with Gasteiger partial charge in [0.25, 0.3) is 11.8 Å². The molecule has 1 saturated heterocycles. The highest BCUT2D eigenvalue weighted by Crippen LogP contribution is 2.23. The molecular formula is C18H17N3O2S. The lowest BCUT2D eigenvalue weighted by atomic mass is 10.1. The van der Waals surface area contributed by atoms with E-state index in [0.717, 1.165) is 22.6 Å². The first-order valence-corrected chi connectivity index (χ1v) is 7.92. The number of nitrogens with zero attached hydrogens (tertiary/aromatic N) is 1. The van der Waals surface area contributed by atoms with Gasteiger partial charge in [-0.3, -0.25) is 20.2 Å². The second-order valence-electron chi connectivity index (χ2n) is 5.79. The number of nitrogens with one attached hydrogen (secondary N) is 2. The van der Waals surface area contributed by atoms with Gasteiger partial charge < -0.3 is 4.57 Å². The van der Waals surface area contributed by atoms with E-state index < -0.39 is 11.8 Å². The van der Waals surface area contributed by atoms with Crippen molar-refractivity contribution in [3.8, 4) is 5.69 Å². The summed E-state index contributed by atoms with van der Waals surface area (Å²) in [6.07, 6.45) is 1.60. The van der Waals surface area contributed by atoms with Gasteiger partial charge in [0.1, 0.15) is 5.57 Å². The molecule has 1 aliphatic rings. The Morgan fingerprint density at radius 1 is 1.00 bits per heavy atom. The van der Waals surface area contributed by atoms with Crippen molar-refractivity contribution in [1.29, 1.82) is 0 Å². The van der Waals surface area contributed by atoms with Crippen molar-refractivity contribution in [3.05, 3.63) is 58.4 Å². The van der Waals surface area contributed by atoms with Crippen molar-refractivity contribution in [2.24, 2.45) is 0 Å². The number of amides is 2. The van der Waals surface area contributed by atoms with Crippen LogP contribution in [0.4, 0.5) is 0 Å². The first-order valence-electron chi connectivity index (χ1n) is 7.51. The second-order valence-corrected chi connectivity index (χ2v) is 6.20. The summed E-state index contributed by atoms with van der Waals surface area (Å²) < 4.78 is 2.09. The minimum atomic E-state index is -0.483. The molecule has 0 atom stereocenters. The number of aryl methyl sites for hydroxylation is 2. The Morgan fingerprint density at radius 2 is 1.58 bits per heavy atom. The number of carbonyl (C=O) groups excluding carboxylic acids is 2. The van der Waals surface area contributed by atoms with Gasteiger partial charge in [0.15, 0.2) is 5.11 Å². The van der Waals surface area contributed by atoms with E-state index in [0.29, 0.717) is 0 Å². The second kappa shape index (κ2) is 6.05. The molecule has 2 aromatic rings. The van der Waals surface area contributed by atoms with E-state index in [4.69, 9.17) is 12.2 Å². The molecule has 2 heterocycles. The molecule has 2 amide bonds. The highest BCUT2D eigenvalue weighted by Gasteiger charge is 2.26. The molecule has 1 fully saturated rings. The highest BCUT2D eigenvalue weighted by atomic mass is 32.1. The van der Waals surface area contributed by atoms with Crippen LogP contribution in [0.25, 0.3) is 11.8 Å². The van der Waals surface area contributed by atoms with Crippen molar-refractivity contribution in [1.82, 2.24) is 15.2 Å². The van der Waals surface area contributed by atoms with Gasteiger partial charge >= 0.3 is 0 Å². The summed E-state index contributed by atoms with van der Waals surface area (Å²) in [7, 11) is 0. The van der Waals surface area contributed by atoms with Crippen molar-refractivity contribution < 1.29 is 9.59 Å². The lowest BCUT2D eigenvalue weighted by molar-refractivity contribution is -0.123. The Bertz CT molecular complexity index is 870. The van der Waals surface area contributed by atoms with Crippen molar-refractivity contribution >= 4 is 35.2 Å². The first kappa shape index (κ1) is 16.1. The van der Waals surface area contributed by atoms with Crippen LogP contribution in [-0.4, -0.2) is 21.5 Å². The van der Waals surface area contributed by atoms with E-state index >= 15 is 0 Å². The van der Waals surface area contributed by atoms with Crippen LogP contribution >= 0.6 is 12.2 Å². The maximum atomic E-state index is 12.0. The summed E-state index contributed by atoms with van der Waals surface area (Å²) >= 11 is 4.81.